The topological polar surface area (TPSA) is 36.3 Å². The van der Waals surface area contributed by atoms with E-state index in [1.807, 2.05) is 0 Å². The second kappa shape index (κ2) is 4.01. The van der Waals surface area contributed by atoms with Crippen molar-refractivity contribution in [1.29, 1.82) is 5.26 Å². The van der Waals surface area contributed by atoms with Crippen LogP contribution in [0.25, 0.3) is 0 Å². The normalized spacial score (nSPS) is 39.5. The molecule has 0 amide bonds. The molecule has 0 spiro atoms. The lowest BCUT2D eigenvalue weighted by molar-refractivity contribution is -0.0151. The highest BCUT2D eigenvalue weighted by molar-refractivity contribution is 5.18. The van der Waals surface area contributed by atoms with E-state index in [-0.39, 0.29) is 5.54 Å². The van der Waals surface area contributed by atoms with E-state index < -0.39 is 0 Å². The van der Waals surface area contributed by atoms with E-state index in [9.17, 15) is 5.26 Å². The number of hydrogen-bond acceptors (Lipinski definition) is 3. The molecule has 90 valence electrons. The zero-order valence-electron chi connectivity index (χ0n) is 10.6. The molecule has 2 aliphatic rings. The Kier molecular flexibility index (Phi) is 2.98. The highest BCUT2D eigenvalue weighted by atomic mass is 16.5. The lowest BCUT2D eigenvalue weighted by Gasteiger charge is -2.41. The van der Waals surface area contributed by atoms with E-state index in [1.54, 1.807) is 0 Å². The van der Waals surface area contributed by atoms with Crippen LogP contribution in [0.1, 0.15) is 33.6 Å². The molecule has 1 heterocycles. The third kappa shape index (κ3) is 1.85. The van der Waals surface area contributed by atoms with Crippen molar-refractivity contribution >= 4 is 0 Å². The molecule has 0 aromatic carbocycles. The van der Waals surface area contributed by atoms with Crippen LogP contribution in [-0.2, 0) is 4.74 Å². The number of morpholine rings is 1. The van der Waals surface area contributed by atoms with E-state index in [2.05, 4.69) is 31.7 Å². The van der Waals surface area contributed by atoms with Crippen molar-refractivity contribution in [3.05, 3.63) is 0 Å². The maximum atomic E-state index is 9.64. The lowest BCUT2D eigenvalue weighted by Crippen LogP contribution is -2.54. The van der Waals surface area contributed by atoms with E-state index in [1.165, 1.54) is 0 Å². The maximum absolute atomic E-state index is 9.64. The molecule has 0 radical (unpaired) electrons. The Labute approximate surface area is 98.4 Å². The largest absolute Gasteiger partial charge is 0.379 e. The zero-order chi connectivity index (χ0) is 11.8. The second-order valence-electron chi connectivity index (χ2n) is 6.08. The van der Waals surface area contributed by atoms with Crippen molar-refractivity contribution in [3.8, 4) is 6.07 Å². The van der Waals surface area contributed by atoms with E-state index in [0.717, 1.165) is 39.1 Å². The molecule has 2 rings (SSSR count). The molecule has 2 unspecified atom stereocenters. The van der Waals surface area contributed by atoms with Crippen molar-refractivity contribution in [2.24, 2.45) is 11.3 Å². The van der Waals surface area contributed by atoms with Crippen LogP contribution < -0.4 is 0 Å². The van der Waals surface area contributed by atoms with Crippen LogP contribution in [0.2, 0.25) is 0 Å². The van der Waals surface area contributed by atoms with Gasteiger partial charge in [-0.05, 0) is 24.2 Å². The van der Waals surface area contributed by atoms with Gasteiger partial charge in [-0.2, -0.15) is 5.26 Å². The molecular weight excluding hydrogens is 200 g/mol. The van der Waals surface area contributed by atoms with Gasteiger partial charge in [0.25, 0.3) is 0 Å². The summed E-state index contributed by atoms with van der Waals surface area (Å²) in [7, 11) is 0. The molecule has 1 saturated carbocycles. The molecule has 3 heteroatoms. The number of rotatable bonds is 1. The van der Waals surface area contributed by atoms with Crippen molar-refractivity contribution < 1.29 is 4.74 Å². The van der Waals surface area contributed by atoms with Crippen molar-refractivity contribution in [1.82, 2.24) is 4.90 Å². The third-order valence-corrected chi connectivity index (χ3v) is 4.19. The van der Waals surface area contributed by atoms with E-state index >= 15 is 0 Å². The molecule has 0 N–H and O–H groups in total. The predicted molar refractivity (Wildman–Crippen MR) is 62.9 cm³/mol. The van der Waals surface area contributed by atoms with Gasteiger partial charge in [0.15, 0.2) is 0 Å². The van der Waals surface area contributed by atoms with Gasteiger partial charge in [-0.25, -0.2) is 0 Å². The SMILES string of the molecule is CC1CC(C)(C)CC1(C#N)N1CCOCC1. The van der Waals surface area contributed by atoms with Gasteiger partial charge in [-0.1, -0.05) is 20.8 Å². The van der Waals surface area contributed by atoms with Crippen LogP contribution in [0.3, 0.4) is 0 Å². The number of ether oxygens (including phenoxy) is 1. The highest BCUT2D eigenvalue weighted by Crippen LogP contribution is 2.50. The van der Waals surface area contributed by atoms with Crippen LogP contribution in [0.4, 0.5) is 0 Å². The fraction of sp³-hybridized carbons (Fsp3) is 0.923. The van der Waals surface area contributed by atoms with Crippen molar-refractivity contribution in [3.63, 3.8) is 0 Å². The summed E-state index contributed by atoms with van der Waals surface area (Å²) >= 11 is 0. The molecule has 0 bridgehead atoms. The Bertz CT molecular complexity index is 302. The smallest absolute Gasteiger partial charge is 0.112 e. The van der Waals surface area contributed by atoms with Crippen LogP contribution in [0, 0.1) is 22.7 Å². The maximum Gasteiger partial charge on any atom is 0.112 e. The number of nitriles is 1. The first-order valence-corrected chi connectivity index (χ1v) is 6.24. The van der Waals surface area contributed by atoms with Crippen molar-refractivity contribution in [2.75, 3.05) is 26.3 Å². The summed E-state index contributed by atoms with van der Waals surface area (Å²) < 4.78 is 5.38. The van der Waals surface area contributed by atoms with E-state index in [0.29, 0.717) is 11.3 Å². The summed E-state index contributed by atoms with van der Waals surface area (Å²) in [6.45, 7) is 10.2. The van der Waals surface area contributed by atoms with Crippen LogP contribution >= 0.6 is 0 Å². The standard InChI is InChI=1S/C13H22N2O/c1-11-8-12(2,3)9-13(11,10-14)15-4-6-16-7-5-15/h11H,4-9H2,1-3H3. The average molecular weight is 222 g/mol. The number of nitrogens with zero attached hydrogens (tertiary/aromatic N) is 2. The third-order valence-electron chi connectivity index (χ3n) is 4.19. The van der Waals surface area contributed by atoms with Gasteiger partial charge in [-0.3, -0.25) is 4.90 Å². The molecule has 1 aliphatic heterocycles. The summed E-state index contributed by atoms with van der Waals surface area (Å²) in [6, 6.07) is 2.62. The fourth-order valence-electron chi connectivity index (χ4n) is 3.58. The van der Waals surface area contributed by atoms with Gasteiger partial charge in [-0.15, -0.1) is 0 Å². The van der Waals surface area contributed by atoms with Gasteiger partial charge in [0.05, 0.1) is 19.3 Å². The van der Waals surface area contributed by atoms with Gasteiger partial charge in [0.2, 0.25) is 0 Å². The minimum atomic E-state index is -0.243. The Balaban J connectivity index is 2.22. The Morgan fingerprint density at radius 1 is 1.31 bits per heavy atom. The van der Waals surface area contributed by atoms with Crippen LogP contribution in [0.5, 0.6) is 0 Å². The Morgan fingerprint density at radius 3 is 2.38 bits per heavy atom. The van der Waals surface area contributed by atoms with Crippen LogP contribution in [0.15, 0.2) is 0 Å². The Morgan fingerprint density at radius 2 is 1.94 bits per heavy atom. The highest BCUT2D eigenvalue weighted by Gasteiger charge is 2.52. The van der Waals surface area contributed by atoms with E-state index in [4.69, 9.17) is 4.74 Å². The molecule has 2 atom stereocenters. The lowest BCUT2D eigenvalue weighted by atomic mass is 9.85. The molecule has 3 nitrogen and oxygen atoms in total. The second-order valence-corrected chi connectivity index (χ2v) is 6.08. The molecule has 16 heavy (non-hydrogen) atoms. The molecule has 2 fully saturated rings. The summed E-state index contributed by atoms with van der Waals surface area (Å²) in [5.41, 5.74) is 0.0563. The summed E-state index contributed by atoms with van der Waals surface area (Å²) in [4.78, 5) is 2.36. The van der Waals surface area contributed by atoms with Gasteiger partial charge in [0, 0.05) is 13.1 Å². The summed E-state index contributed by atoms with van der Waals surface area (Å²) in [6.07, 6.45) is 2.15. The fourth-order valence-corrected chi connectivity index (χ4v) is 3.58. The summed E-state index contributed by atoms with van der Waals surface area (Å²) in [5, 5.41) is 9.64. The molecule has 1 aliphatic carbocycles. The monoisotopic (exact) mass is 222 g/mol. The zero-order valence-corrected chi connectivity index (χ0v) is 10.6. The minimum Gasteiger partial charge on any atom is -0.379 e. The number of hydrogen-bond donors (Lipinski definition) is 0. The molecule has 1 saturated heterocycles. The molecule has 0 aromatic heterocycles. The molecular formula is C13H22N2O. The predicted octanol–water partition coefficient (Wildman–Crippen LogP) is 2.04. The first kappa shape index (κ1) is 11.9. The summed E-state index contributed by atoms with van der Waals surface area (Å²) in [5.74, 6) is 0.464. The van der Waals surface area contributed by atoms with Crippen LogP contribution in [-0.4, -0.2) is 36.7 Å². The first-order valence-electron chi connectivity index (χ1n) is 6.24. The quantitative estimate of drug-likeness (QED) is 0.681. The van der Waals surface area contributed by atoms with Gasteiger partial charge < -0.3 is 4.74 Å². The minimum absolute atomic E-state index is 0.243. The van der Waals surface area contributed by atoms with Gasteiger partial charge >= 0.3 is 0 Å². The first-order chi connectivity index (χ1) is 7.50. The van der Waals surface area contributed by atoms with Crippen molar-refractivity contribution in [2.45, 2.75) is 39.2 Å². The molecule has 0 aromatic rings. The average Bonchev–Trinajstić information content (AvgIpc) is 2.50. The van der Waals surface area contributed by atoms with Gasteiger partial charge in [0.1, 0.15) is 5.54 Å². The Hall–Kier alpha value is -0.590.